The summed E-state index contributed by atoms with van der Waals surface area (Å²) in [7, 11) is 0. The number of anilines is 1. The number of carbonyl (C=O) groups is 1. The third-order valence-electron chi connectivity index (χ3n) is 8.02. The molecule has 3 fully saturated rings. The van der Waals surface area contributed by atoms with Gasteiger partial charge in [0.25, 0.3) is 0 Å². The molecule has 1 spiro atoms. The molecule has 1 amide bonds. The van der Waals surface area contributed by atoms with Crippen LogP contribution in [-0.2, 0) is 19.3 Å². The van der Waals surface area contributed by atoms with E-state index >= 15 is 0 Å². The summed E-state index contributed by atoms with van der Waals surface area (Å²) in [5.41, 5.74) is -0.425. The van der Waals surface area contributed by atoms with Crippen LogP contribution >= 0.6 is 11.8 Å². The van der Waals surface area contributed by atoms with Crippen LogP contribution in [0, 0.1) is 29.5 Å². The van der Waals surface area contributed by atoms with Crippen molar-refractivity contribution in [3.8, 4) is 0 Å². The van der Waals surface area contributed by atoms with E-state index < -0.39 is 11.9 Å². The molecule has 2 N–H and O–H groups in total. The van der Waals surface area contributed by atoms with Crippen LogP contribution in [-0.4, -0.2) is 41.4 Å². The lowest BCUT2D eigenvalue weighted by Crippen LogP contribution is -2.67. The number of ether oxygens (including phenoxy) is 1. The molecule has 2 heterocycles. The van der Waals surface area contributed by atoms with Gasteiger partial charge in [-0.2, -0.15) is 0 Å². The summed E-state index contributed by atoms with van der Waals surface area (Å²) in [6.45, 7) is 6.35. The highest BCUT2D eigenvalue weighted by atomic mass is 32.2. The molecular formula is C25H36FNO5S. The standard InChI is InChI=1S/C25H36FNO5S/c1-14-5-8-19-16(3)21(30-24(29)25(19)18(14)9-6-15(2)31-32-25)10-12-23(28)27-17-7-11-22(33-4)20(26)13-17/h7,11,13-16,18-19,21,24,29H,5-6,8-10,12H2,1-4H3,(H,27,28). The van der Waals surface area contributed by atoms with E-state index in [1.54, 1.807) is 12.1 Å². The van der Waals surface area contributed by atoms with Gasteiger partial charge in [-0.1, -0.05) is 13.8 Å². The zero-order valence-electron chi connectivity index (χ0n) is 19.9. The Morgan fingerprint density at radius 2 is 1.97 bits per heavy atom. The lowest BCUT2D eigenvalue weighted by atomic mass is 9.57. The molecule has 0 bridgehead atoms. The van der Waals surface area contributed by atoms with Gasteiger partial charge in [0, 0.05) is 22.9 Å². The maximum Gasteiger partial charge on any atom is 0.224 e. The number of aliphatic hydroxyl groups is 1. The number of hydrogen-bond donors (Lipinski definition) is 2. The van der Waals surface area contributed by atoms with Crippen LogP contribution < -0.4 is 5.32 Å². The molecule has 2 saturated heterocycles. The van der Waals surface area contributed by atoms with Crippen LogP contribution in [0.25, 0.3) is 0 Å². The van der Waals surface area contributed by atoms with Crippen molar-refractivity contribution in [2.75, 3.05) is 11.6 Å². The SMILES string of the molecule is CSc1ccc(NC(=O)CCC2OC(O)C34OOC(C)CCC3C(C)CCC4C2C)cc1F. The molecule has 1 aromatic carbocycles. The average molecular weight is 482 g/mol. The van der Waals surface area contributed by atoms with Crippen LogP contribution in [0.4, 0.5) is 10.1 Å². The van der Waals surface area contributed by atoms with Crippen molar-refractivity contribution in [2.24, 2.45) is 23.7 Å². The first-order valence-corrected chi connectivity index (χ1v) is 13.3. The summed E-state index contributed by atoms with van der Waals surface area (Å²) >= 11 is 1.32. The van der Waals surface area contributed by atoms with Crippen molar-refractivity contribution in [3.63, 3.8) is 0 Å². The fraction of sp³-hybridized carbons (Fsp3) is 0.720. The molecule has 33 heavy (non-hydrogen) atoms. The molecule has 2 aliphatic heterocycles. The Morgan fingerprint density at radius 3 is 2.70 bits per heavy atom. The zero-order chi connectivity index (χ0) is 23.8. The second-order valence-corrected chi connectivity index (χ2v) is 10.9. The van der Waals surface area contributed by atoms with E-state index in [4.69, 9.17) is 14.5 Å². The van der Waals surface area contributed by atoms with Gasteiger partial charge in [0.05, 0.1) is 12.2 Å². The summed E-state index contributed by atoms with van der Waals surface area (Å²) in [5.74, 6) is 0.234. The summed E-state index contributed by atoms with van der Waals surface area (Å²) in [4.78, 5) is 24.8. The van der Waals surface area contributed by atoms with E-state index in [1.807, 2.05) is 13.2 Å². The molecule has 0 radical (unpaired) electrons. The molecule has 8 heteroatoms. The van der Waals surface area contributed by atoms with Gasteiger partial charge in [-0.25, -0.2) is 14.2 Å². The lowest BCUT2D eigenvalue weighted by molar-refractivity contribution is -0.460. The fourth-order valence-electron chi connectivity index (χ4n) is 6.16. The van der Waals surface area contributed by atoms with Crippen LogP contribution in [0.5, 0.6) is 0 Å². The van der Waals surface area contributed by atoms with E-state index in [2.05, 4.69) is 19.2 Å². The van der Waals surface area contributed by atoms with Crippen molar-refractivity contribution in [1.82, 2.24) is 0 Å². The second-order valence-electron chi connectivity index (χ2n) is 10.0. The van der Waals surface area contributed by atoms with E-state index in [0.29, 0.717) is 22.9 Å². The fourth-order valence-corrected chi connectivity index (χ4v) is 6.62. The third-order valence-corrected chi connectivity index (χ3v) is 8.79. The minimum absolute atomic E-state index is 0.0171. The normalized spacial score (nSPS) is 38.7. The molecule has 1 saturated carbocycles. The molecule has 1 aromatic rings. The lowest BCUT2D eigenvalue weighted by Gasteiger charge is -2.57. The molecule has 0 aromatic heterocycles. The number of thioether (sulfide) groups is 1. The predicted molar refractivity (Wildman–Crippen MR) is 125 cm³/mol. The van der Waals surface area contributed by atoms with Gasteiger partial charge in [0.15, 0.2) is 11.9 Å². The quantitative estimate of drug-likeness (QED) is 0.447. The molecule has 8 atom stereocenters. The van der Waals surface area contributed by atoms with Crippen LogP contribution in [0.1, 0.15) is 59.3 Å². The topological polar surface area (TPSA) is 77.0 Å². The number of carbonyl (C=O) groups excluding carboxylic acids is 1. The van der Waals surface area contributed by atoms with Gasteiger partial charge < -0.3 is 15.2 Å². The number of hydrogen-bond acceptors (Lipinski definition) is 6. The van der Waals surface area contributed by atoms with Gasteiger partial charge in [-0.15, -0.1) is 11.8 Å². The first-order chi connectivity index (χ1) is 15.8. The number of rotatable bonds is 5. The smallest absolute Gasteiger partial charge is 0.224 e. The zero-order valence-corrected chi connectivity index (χ0v) is 20.7. The summed E-state index contributed by atoms with van der Waals surface area (Å²) < 4.78 is 20.1. The van der Waals surface area contributed by atoms with Gasteiger partial charge in [-0.05, 0) is 81.2 Å². The van der Waals surface area contributed by atoms with E-state index in [0.717, 1.165) is 25.7 Å². The number of benzene rings is 1. The summed E-state index contributed by atoms with van der Waals surface area (Å²) in [5, 5.41) is 14.0. The maximum atomic E-state index is 14.0. The molecule has 184 valence electrons. The first kappa shape index (κ1) is 24.9. The molecule has 3 aliphatic rings. The highest BCUT2D eigenvalue weighted by Crippen LogP contribution is 2.56. The molecular weight excluding hydrogens is 445 g/mol. The molecule has 6 nitrogen and oxygen atoms in total. The van der Waals surface area contributed by atoms with Crippen molar-refractivity contribution in [1.29, 1.82) is 0 Å². The largest absolute Gasteiger partial charge is 0.365 e. The summed E-state index contributed by atoms with van der Waals surface area (Å²) in [6, 6.07) is 4.70. The number of halogens is 1. The number of nitrogens with one attached hydrogen (secondary N) is 1. The van der Waals surface area contributed by atoms with E-state index in [-0.39, 0.29) is 48.1 Å². The minimum atomic E-state index is -1.10. The van der Waals surface area contributed by atoms with E-state index in [9.17, 15) is 14.3 Å². The maximum absolute atomic E-state index is 14.0. The molecule has 4 rings (SSSR count). The minimum Gasteiger partial charge on any atom is -0.365 e. The van der Waals surface area contributed by atoms with Gasteiger partial charge in [0.2, 0.25) is 5.91 Å². The Labute approximate surface area is 199 Å². The molecule has 8 unspecified atom stereocenters. The Kier molecular flexibility index (Phi) is 7.70. The van der Waals surface area contributed by atoms with Crippen molar-refractivity contribution < 1.29 is 28.8 Å². The van der Waals surface area contributed by atoms with Crippen molar-refractivity contribution in [3.05, 3.63) is 24.0 Å². The molecule has 1 aliphatic carbocycles. The highest BCUT2D eigenvalue weighted by Gasteiger charge is 2.63. The van der Waals surface area contributed by atoms with Gasteiger partial charge in [-0.3, -0.25) is 4.79 Å². The summed E-state index contributed by atoms with van der Waals surface area (Å²) in [6.07, 6.45) is 4.96. The Bertz CT molecular complexity index is 856. The predicted octanol–water partition coefficient (Wildman–Crippen LogP) is 5.15. The van der Waals surface area contributed by atoms with Gasteiger partial charge >= 0.3 is 0 Å². The first-order valence-electron chi connectivity index (χ1n) is 12.1. The van der Waals surface area contributed by atoms with Crippen molar-refractivity contribution in [2.45, 2.75) is 88.3 Å². The van der Waals surface area contributed by atoms with Crippen LogP contribution in [0.15, 0.2) is 23.1 Å². The van der Waals surface area contributed by atoms with Gasteiger partial charge in [0.1, 0.15) is 5.82 Å². The number of amides is 1. The second kappa shape index (κ2) is 10.2. The van der Waals surface area contributed by atoms with E-state index in [1.165, 1.54) is 17.8 Å². The Hall–Kier alpha value is -1.19. The Balaban J connectivity index is 1.42. The van der Waals surface area contributed by atoms with Crippen LogP contribution in [0.3, 0.4) is 0 Å². The van der Waals surface area contributed by atoms with Crippen LogP contribution in [0.2, 0.25) is 0 Å². The average Bonchev–Trinajstić information content (AvgIpc) is 2.96. The highest BCUT2D eigenvalue weighted by molar-refractivity contribution is 7.98. The number of aliphatic hydroxyl groups excluding tert-OH is 1. The third kappa shape index (κ3) is 4.82. The monoisotopic (exact) mass is 481 g/mol. The Morgan fingerprint density at radius 1 is 1.21 bits per heavy atom. The van der Waals surface area contributed by atoms with Crippen molar-refractivity contribution >= 4 is 23.4 Å².